The van der Waals surface area contributed by atoms with Crippen molar-refractivity contribution in [1.29, 1.82) is 0 Å². The van der Waals surface area contributed by atoms with Gasteiger partial charge in [0.05, 0.1) is 7.11 Å². The van der Waals surface area contributed by atoms with Gasteiger partial charge in [0.15, 0.2) is 0 Å². The number of hydrogen-bond donors (Lipinski definition) is 0. The Balaban J connectivity index is 1.27. The third-order valence-electron chi connectivity index (χ3n) is 5.89. The topological polar surface area (TPSA) is 60.8 Å². The van der Waals surface area contributed by atoms with Crippen LogP contribution in [-0.2, 0) is 16.1 Å². The maximum Gasteiger partial charge on any atom is 0.354 e. The lowest BCUT2D eigenvalue weighted by atomic mass is 10.0. The van der Waals surface area contributed by atoms with Crippen molar-refractivity contribution in [2.75, 3.05) is 20.2 Å². The summed E-state index contributed by atoms with van der Waals surface area (Å²) < 4.78 is 12.6. The standard InChI is InChI=1S/C27H28N2O4/c1-32-27(31)25-8-5-17-29(25)23-15-18-28(19-16-23)26(30)14-11-21-9-12-24(13-10-21)33-20-22-6-3-2-4-7-22/h2-14,17,23H,15-16,18-20H2,1H3/b14-11+. The molecule has 2 aromatic carbocycles. The number of amides is 1. The van der Waals surface area contributed by atoms with Gasteiger partial charge in [0, 0.05) is 31.4 Å². The Kier molecular flexibility index (Phi) is 7.25. The zero-order chi connectivity index (χ0) is 23.0. The first kappa shape index (κ1) is 22.4. The molecule has 1 amide bonds. The molecular formula is C27H28N2O4. The van der Waals surface area contributed by atoms with E-state index in [-0.39, 0.29) is 17.9 Å². The fraction of sp³-hybridized carbons (Fsp3) is 0.259. The summed E-state index contributed by atoms with van der Waals surface area (Å²) in [6.45, 7) is 1.83. The Morgan fingerprint density at radius 2 is 1.70 bits per heavy atom. The molecule has 33 heavy (non-hydrogen) atoms. The van der Waals surface area contributed by atoms with E-state index in [1.54, 1.807) is 12.1 Å². The van der Waals surface area contributed by atoms with Crippen LogP contribution in [-0.4, -0.2) is 41.5 Å². The van der Waals surface area contributed by atoms with Gasteiger partial charge in [0.2, 0.25) is 5.91 Å². The second-order valence-electron chi connectivity index (χ2n) is 8.03. The van der Waals surface area contributed by atoms with Crippen molar-refractivity contribution in [3.05, 3.63) is 95.8 Å². The van der Waals surface area contributed by atoms with E-state index in [0.29, 0.717) is 25.4 Å². The minimum atomic E-state index is -0.335. The quantitative estimate of drug-likeness (QED) is 0.390. The summed E-state index contributed by atoms with van der Waals surface area (Å²) in [4.78, 5) is 26.4. The molecule has 4 rings (SSSR count). The molecule has 1 fully saturated rings. The van der Waals surface area contributed by atoms with Gasteiger partial charge in [0.1, 0.15) is 18.1 Å². The summed E-state index contributed by atoms with van der Waals surface area (Å²) in [6.07, 6.45) is 6.95. The van der Waals surface area contributed by atoms with Gasteiger partial charge in [-0.3, -0.25) is 4.79 Å². The predicted octanol–water partition coefficient (Wildman–Crippen LogP) is 4.73. The van der Waals surface area contributed by atoms with E-state index in [2.05, 4.69) is 0 Å². The van der Waals surface area contributed by atoms with Crippen LogP contribution in [0.1, 0.15) is 40.5 Å². The lowest BCUT2D eigenvalue weighted by molar-refractivity contribution is -0.127. The number of methoxy groups -OCH3 is 1. The highest BCUT2D eigenvalue weighted by molar-refractivity contribution is 5.92. The van der Waals surface area contributed by atoms with Gasteiger partial charge in [-0.15, -0.1) is 0 Å². The summed E-state index contributed by atoms with van der Waals surface area (Å²) in [7, 11) is 1.39. The molecule has 1 aliphatic heterocycles. The molecule has 3 aromatic rings. The number of nitrogens with zero attached hydrogens (tertiary/aromatic N) is 2. The Labute approximate surface area is 194 Å². The number of aromatic nitrogens is 1. The average molecular weight is 445 g/mol. The molecule has 0 spiro atoms. The fourth-order valence-electron chi connectivity index (χ4n) is 4.04. The van der Waals surface area contributed by atoms with Crippen LogP contribution in [0.15, 0.2) is 79.0 Å². The van der Waals surface area contributed by atoms with E-state index < -0.39 is 0 Å². The lowest BCUT2D eigenvalue weighted by Crippen LogP contribution is -2.38. The molecule has 170 valence electrons. The maximum atomic E-state index is 12.6. The predicted molar refractivity (Wildman–Crippen MR) is 127 cm³/mol. The van der Waals surface area contributed by atoms with Crippen molar-refractivity contribution < 1.29 is 19.1 Å². The molecule has 1 aliphatic rings. The molecular weight excluding hydrogens is 416 g/mol. The number of ether oxygens (including phenoxy) is 2. The van der Waals surface area contributed by atoms with Crippen molar-refractivity contribution in [2.24, 2.45) is 0 Å². The highest BCUT2D eigenvalue weighted by Crippen LogP contribution is 2.25. The van der Waals surface area contributed by atoms with Crippen molar-refractivity contribution >= 4 is 18.0 Å². The summed E-state index contributed by atoms with van der Waals surface area (Å²) in [5, 5.41) is 0. The third kappa shape index (κ3) is 5.71. The lowest BCUT2D eigenvalue weighted by Gasteiger charge is -2.32. The number of hydrogen-bond acceptors (Lipinski definition) is 4. The van der Waals surface area contributed by atoms with Crippen LogP contribution in [0.25, 0.3) is 6.08 Å². The van der Waals surface area contributed by atoms with E-state index in [1.807, 2.05) is 82.4 Å². The number of benzene rings is 2. The SMILES string of the molecule is COC(=O)c1cccn1C1CCN(C(=O)/C=C/c2ccc(OCc3ccccc3)cc2)CC1. The minimum absolute atomic E-state index is 0.00134. The van der Waals surface area contributed by atoms with Gasteiger partial charge >= 0.3 is 5.97 Å². The van der Waals surface area contributed by atoms with E-state index in [0.717, 1.165) is 29.7 Å². The number of likely N-dealkylation sites (tertiary alicyclic amines) is 1. The molecule has 0 N–H and O–H groups in total. The zero-order valence-electron chi connectivity index (χ0n) is 18.7. The van der Waals surface area contributed by atoms with Gasteiger partial charge in [-0.2, -0.15) is 0 Å². The molecule has 0 unspecified atom stereocenters. The van der Waals surface area contributed by atoms with E-state index in [4.69, 9.17) is 9.47 Å². The summed E-state index contributed by atoms with van der Waals surface area (Å²) >= 11 is 0. The van der Waals surface area contributed by atoms with Gasteiger partial charge in [0.25, 0.3) is 0 Å². The van der Waals surface area contributed by atoms with Crippen LogP contribution in [0.4, 0.5) is 0 Å². The van der Waals surface area contributed by atoms with Crippen molar-refractivity contribution in [2.45, 2.75) is 25.5 Å². The molecule has 1 aromatic heterocycles. The highest BCUT2D eigenvalue weighted by Gasteiger charge is 2.25. The molecule has 1 saturated heterocycles. The number of piperidine rings is 1. The molecule has 6 heteroatoms. The van der Waals surface area contributed by atoms with Crippen LogP contribution >= 0.6 is 0 Å². The molecule has 0 bridgehead atoms. The van der Waals surface area contributed by atoms with Crippen LogP contribution in [0, 0.1) is 0 Å². The molecule has 0 atom stereocenters. The van der Waals surface area contributed by atoms with Gasteiger partial charge in [-0.1, -0.05) is 42.5 Å². The Morgan fingerprint density at radius 1 is 0.970 bits per heavy atom. The minimum Gasteiger partial charge on any atom is -0.489 e. The number of carbonyl (C=O) groups excluding carboxylic acids is 2. The van der Waals surface area contributed by atoms with Crippen molar-refractivity contribution in [3.8, 4) is 5.75 Å². The zero-order valence-corrected chi connectivity index (χ0v) is 18.7. The average Bonchev–Trinajstić information content (AvgIpc) is 3.37. The Morgan fingerprint density at radius 3 is 2.39 bits per heavy atom. The monoisotopic (exact) mass is 444 g/mol. The largest absolute Gasteiger partial charge is 0.489 e. The van der Waals surface area contributed by atoms with E-state index >= 15 is 0 Å². The first-order valence-corrected chi connectivity index (χ1v) is 11.1. The first-order valence-electron chi connectivity index (χ1n) is 11.1. The van der Waals surface area contributed by atoms with Crippen LogP contribution in [0.5, 0.6) is 5.75 Å². The van der Waals surface area contributed by atoms with E-state index in [1.165, 1.54) is 7.11 Å². The third-order valence-corrected chi connectivity index (χ3v) is 5.89. The molecule has 6 nitrogen and oxygen atoms in total. The van der Waals surface area contributed by atoms with Crippen molar-refractivity contribution in [1.82, 2.24) is 9.47 Å². The summed E-state index contributed by atoms with van der Waals surface area (Å²) in [5.41, 5.74) is 2.62. The van der Waals surface area contributed by atoms with Crippen molar-refractivity contribution in [3.63, 3.8) is 0 Å². The maximum absolute atomic E-state index is 12.6. The fourth-order valence-corrected chi connectivity index (χ4v) is 4.04. The number of rotatable bonds is 7. The number of carbonyl (C=O) groups is 2. The first-order chi connectivity index (χ1) is 16.1. The second kappa shape index (κ2) is 10.7. The number of esters is 1. The van der Waals surface area contributed by atoms with Crippen LogP contribution in [0.3, 0.4) is 0 Å². The van der Waals surface area contributed by atoms with Gasteiger partial charge in [-0.25, -0.2) is 4.79 Å². The smallest absolute Gasteiger partial charge is 0.354 e. The summed E-state index contributed by atoms with van der Waals surface area (Å²) in [5.74, 6) is 0.456. The molecule has 0 saturated carbocycles. The Bertz CT molecular complexity index is 1090. The molecule has 2 heterocycles. The molecule has 0 aliphatic carbocycles. The van der Waals surface area contributed by atoms with Gasteiger partial charge < -0.3 is 18.9 Å². The van der Waals surface area contributed by atoms with Crippen LogP contribution in [0.2, 0.25) is 0 Å². The molecule has 0 radical (unpaired) electrons. The second-order valence-corrected chi connectivity index (χ2v) is 8.03. The summed E-state index contributed by atoms with van der Waals surface area (Å²) in [6, 6.07) is 21.5. The van der Waals surface area contributed by atoms with E-state index in [9.17, 15) is 9.59 Å². The Hall–Kier alpha value is -3.80. The van der Waals surface area contributed by atoms with Crippen LogP contribution < -0.4 is 4.74 Å². The normalized spacial score (nSPS) is 14.4. The highest BCUT2D eigenvalue weighted by atomic mass is 16.5. The van der Waals surface area contributed by atoms with Gasteiger partial charge in [-0.05, 0) is 54.3 Å².